The molecule has 0 aliphatic heterocycles. The van der Waals surface area contributed by atoms with Crippen molar-refractivity contribution in [3.05, 3.63) is 55.8 Å². The molecule has 31 heavy (non-hydrogen) atoms. The van der Waals surface area contributed by atoms with Gasteiger partial charge in [0, 0.05) is 15.8 Å². The van der Waals surface area contributed by atoms with Crippen LogP contribution in [0.1, 0.15) is 27.0 Å². The lowest BCUT2D eigenvalue weighted by molar-refractivity contribution is 0.393. The third-order valence-corrected chi connectivity index (χ3v) is 6.58. The maximum atomic E-state index is 12.8. The van der Waals surface area contributed by atoms with Crippen LogP contribution in [0.15, 0.2) is 27.6 Å². The topological polar surface area (TPSA) is 98.8 Å². The highest BCUT2D eigenvalue weighted by Crippen LogP contribution is 2.38. The number of H-pyrrole nitrogens is 1. The number of aryl methyl sites for hydroxylation is 4. The molecule has 0 spiro atoms. The first-order chi connectivity index (χ1) is 14.9. The summed E-state index contributed by atoms with van der Waals surface area (Å²) in [6.07, 6.45) is 1.70. The number of fused-ring (bicyclic) bond motifs is 3. The van der Waals surface area contributed by atoms with Gasteiger partial charge in [-0.3, -0.25) is 9.55 Å². The van der Waals surface area contributed by atoms with Gasteiger partial charge in [-0.1, -0.05) is 5.16 Å². The largest absolute Gasteiger partial charge is 0.496 e. The molecule has 4 heterocycles. The van der Waals surface area contributed by atoms with Gasteiger partial charge in [0.25, 0.3) is 0 Å². The summed E-state index contributed by atoms with van der Waals surface area (Å²) in [6.45, 7) is 8.16. The third kappa shape index (κ3) is 3.04. The molecular weight excluding hydrogens is 414 g/mol. The van der Waals surface area contributed by atoms with Crippen LogP contribution in [-0.2, 0) is 6.54 Å². The molecule has 0 fully saturated rings. The third-order valence-electron chi connectivity index (χ3n) is 5.52. The molecule has 0 unspecified atom stereocenters. The quantitative estimate of drug-likeness (QED) is 0.452. The Hall–Kier alpha value is -3.46. The van der Waals surface area contributed by atoms with Crippen LogP contribution in [0.25, 0.3) is 33.1 Å². The minimum Gasteiger partial charge on any atom is -0.496 e. The Labute approximate surface area is 181 Å². The van der Waals surface area contributed by atoms with Gasteiger partial charge in [-0.15, -0.1) is 11.3 Å². The number of aromatic amines is 1. The first kappa shape index (κ1) is 19.5. The summed E-state index contributed by atoms with van der Waals surface area (Å²) in [6, 6.07) is 3.89. The molecule has 8 nitrogen and oxygen atoms in total. The molecule has 0 atom stereocenters. The van der Waals surface area contributed by atoms with Gasteiger partial charge in [0.2, 0.25) is 0 Å². The minimum atomic E-state index is -0.177. The fourth-order valence-corrected chi connectivity index (χ4v) is 5.04. The van der Waals surface area contributed by atoms with Gasteiger partial charge in [-0.25, -0.2) is 9.78 Å². The van der Waals surface area contributed by atoms with E-state index in [9.17, 15) is 4.79 Å². The van der Waals surface area contributed by atoms with Crippen molar-refractivity contribution in [2.45, 2.75) is 34.2 Å². The van der Waals surface area contributed by atoms with Crippen molar-refractivity contribution < 1.29 is 9.26 Å². The summed E-state index contributed by atoms with van der Waals surface area (Å²) < 4.78 is 12.8. The number of benzene rings is 1. The number of rotatable bonds is 4. The zero-order chi connectivity index (χ0) is 21.9. The molecule has 0 aliphatic carbocycles. The smallest absolute Gasteiger partial charge is 0.326 e. The molecule has 0 aliphatic rings. The molecule has 5 aromatic rings. The van der Waals surface area contributed by atoms with E-state index < -0.39 is 0 Å². The molecule has 4 aromatic heterocycles. The van der Waals surface area contributed by atoms with Crippen molar-refractivity contribution in [2.75, 3.05) is 7.11 Å². The highest BCUT2D eigenvalue weighted by Gasteiger charge is 2.20. The number of aromatic nitrogens is 5. The predicted molar refractivity (Wildman–Crippen MR) is 120 cm³/mol. The van der Waals surface area contributed by atoms with E-state index in [-0.39, 0.29) is 5.69 Å². The van der Waals surface area contributed by atoms with Gasteiger partial charge in [0.15, 0.2) is 0 Å². The van der Waals surface area contributed by atoms with Gasteiger partial charge < -0.3 is 14.2 Å². The number of ether oxygens (including phenoxy) is 1. The number of pyridine rings is 1. The van der Waals surface area contributed by atoms with Crippen molar-refractivity contribution in [2.24, 2.45) is 0 Å². The van der Waals surface area contributed by atoms with Crippen LogP contribution >= 0.6 is 11.3 Å². The average Bonchev–Trinajstić information content (AvgIpc) is 3.35. The van der Waals surface area contributed by atoms with Crippen molar-refractivity contribution in [3.63, 3.8) is 0 Å². The molecule has 0 bridgehead atoms. The zero-order valence-electron chi connectivity index (χ0n) is 17.9. The first-order valence-electron chi connectivity index (χ1n) is 9.82. The summed E-state index contributed by atoms with van der Waals surface area (Å²) in [7, 11) is 1.63. The number of methoxy groups -OCH3 is 1. The summed E-state index contributed by atoms with van der Waals surface area (Å²) in [5, 5.41) is 5.89. The highest BCUT2D eigenvalue weighted by molar-refractivity contribution is 7.11. The van der Waals surface area contributed by atoms with Crippen LogP contribution < -0.4 is 10.4 Å². The maximum Gasteiger partial charge on any atom is 0.326 e. The van der Waals surface area contributed by atoms with Crippen LogP contribution in [0.3, 0.4) is 0 Å². The fraction of sp³-hybridized carbons (Fsp3) is 0.273. The number of thiazole rings is 1. The molecule has 9 heteroatoms. The van der Waals surface area contributed by atoms with E-state index in [4.69, 9.17) is 9.26 Å². The van der Waals surface area contributed by atoms with Crippen molar-refractivity contribution >= 4 is 33.3 Å². The van der Waals surface area contributed by atoms with Crippen molar-refractivity contribution in [1.29, 1.82) is 0 Å². The summed E-state index contributed by atoms with van der Waals surface area (Å²) in [5.41, 5.74) is 5.54. The molecular formula is C22H21N5O3S. The van der Waals surface area contributed by atoms with Crippen LogP contribution in [0.5, 0.6) is 5.75 Å². The molecule has 0 radical (unpaired) electrons. The molecule has 5 rings (SSSR count). The van der Waals surface area contributed by atoms with E-state index >= 15 is 0 Å². The summed E-state index contributed by atoms with van der Waals surface area (Å²) in [5.74, 6) is 1.38. The second-order valence-corrected chi connectivity index (χ2v) is 8.83. The van der Waals surface area contributed by atoms with Crippen LogP contribution in [0.2, 0.25) is 0 Å². The van der Waals surface area contributed by atoms with Crippen LogP contribution in [0, 0.1) is 27.7 Å². The Balaban J connectivity index is 1.78. The summed E-state index contributed by atoms with van der Waals surface area (Å²) >= 11 is 1.60. The number of nitrogens with zero attached hydrogens (tertiary/aromatic N) is 4. The Morgan fingerprint density at radius 3 is 2.65 bits per heavy atom. The van der Waals surface area contributed by atoms with Gasteiger partial charge in [0.05, 0.1) is 58.4 Å². The van der Waals surface area contributed by atoms with Gasteiger partial charge in [-0.2, -0.15) is 0 Å². The molecule has 1 N–H and O–H groups in total. The van der Waals surface area contributed by atoms with Gasteiger partial charge in [-0.05, 0) is 39.8 Å². The van der Waals surface area contributed by atoms with Crippen molar-refractivity contribution in [3.8, 4) is 16.9 Å². The zero-order valence-corrected chi connectivity index (χ0v) is 18.7. The second kappa shape index (κ2) is 7.05. The number of hydrogen-bond acceptors (Lipinski definition) is 7. The lowest BCUT2D eigenvalue weighted by atomic mass is 10.0. The Kier molecular flexibility index (Phi) is 4.44. The SMILES string of the molecule is COc1cc2c(cc1-c1c(C)noc1C)ncc1[nH]c(=O)n(Cc3sc(C)nc3C)c12. The van der Waals surface area contributed by atoms with Gasteiger partial charge >= 0.3 is 5.69 Å². The predicted octanol–water partition coefficient (Wildman–Crippen LogP) is 4.28. The fourth-order valence-electron chi connectivity index (χ4n) is 4.12. The highest BCUT2D eigenvalue weighted by atomic mass is 32.1. The van der Waals surface area contributed by atoms with Gasteiger partial charge in [0.1, 0.15) is 11.5 Å². The molecule has 158 valence electrons. The normalized spacial score (nSPS) is 11.6. The van der Waals surface area contributed by atoms with E-state index in [0.717, 1.165) is 48.8 Å². The van der Waals surface area contributed by atoms with E-state index in [0.29, 0.717) is 23.6 Å². The van der Waals surface area contributed by atoms with Crippen molar-refractivity contribution in [1.82, 2.24) is 24.7 Å². The minimum absolute atomic E-state index is 0.177. The summed E-state index contributed by atoms with van der Waals surface area (Å²) in [4.78, 5) is 25.9. The lowest BCUT2D eigenvalue weighted by Gasteiger charge is -2.12. The number of hydrogen-bond donors (Lipinski definition) is 1. The Morgan fingerprint density at radius 1 is 1.19 bits per heavy atom. The second-order valence-electron chi connectivity index (χ2n) is 7.55. The average molecular weight is 436 g/mol. The Bertz CT molecular complexity index is 1500. The number of imidazole rings is 1. The Morgan fingerprint density at radius 2 is 2.00 bits per heavy atom. The van der Waals surface area contributed by atoms with E-state index in [1.165, 1.54) is 0 Å². The monoisotopic (exact) mass is 435 g/mol. The number of nitrogens with one attached hydrogen (secondary N) is 1. The first-order valence-corrected chi connectivity index (χ1v) is 10.6. The van der Waals surface area contributed by atoms with E-state index in [2.05, 4.69) is 20.1 Å². The standard InChI is InChI=1S/C22H21N5O3S/c1-10-19(31-13(4)24-10)9-27-21-14-7-18(29-5)15(20-11(2)26-30-12(20)3)6-16(14)23-8-17(21)25-22(27)28/h6-8H,9H2,1-5H3,(H,25,28). The molecule has 0 saturated carbocycles. The lowest BCUT2D eigenvalue weighted by Crippen LogP contribution is -2.17. The van der Waals surface area contributed by atoms with E-state index in [1.54, 1.807) is 29.2 Å². The van der Waals surface area contributed by atoms with E-state index in [1.807, 2.05) is 39.8 Å². The molecule has 0 amide bonds. The van der Waals surface area contributed by atoms with Crippen LogP contribution in [0.4, 0.5) is 0 Å². The maximum absolute atomic E-state index is 12.8. The molecule has 0 saturated heterocycles. The van der Waals surface area contributed by atoms with Crippen LogP contribution in [-0.4, -0.2) is 31.8 Å². The molecule has 1 aromatic carbocycles.